The van der Waals surface area contributed by atoms with Crippen molar-refractivity contribution < 1.29 is 24.0 Å². The largest absolute Gasteiger partial charge is 0.335 e. The predicted molar refractivity (Wildman–Crippen MR) is 117 cm³/mol. The van der Waals surface area contributed by atoms with Gasteiger partial charge in [0.05, 0.1) is 11.6 Å². The molecule has 0 aliphatic heterocycles. The van der Waals surface area contributed by atoms with Crippen molar-refractivity contribution in [3.05, 3.63) is 71.8 Å². The van der Waals surface area contributed by atoms with Crippen molar-refractivity contribution in [1.29, 1.82) is 0 Å². The molecule has 32 heavy (non-hydrogen) atoms. The molecule has 2 N–H and O–H groups in total. The molecule has 0 radical (unpaired) electrons. The highest BCUT2D eigenvalue weighted by atomic mass is 16.7. The molecule has 0 fully saturated rings. The molecule has 0 saturated heterocycles. The van der Waals surface area contributed by atoms with Crippen LogP contribution >= 0.6 is 0 Å². The highest BCUT2D eigenvalue weighted by Gasteiger charge is 2.42. The molecule has 2 rings (SSSR count). The van der Waals surface area contributed by atoms with Crippen LogP contribution in [0.25, 0.3) is 0 Å². The van der Waals surface area contributed by atoms with Crippen LogP contribution in [0.3, 0.4) is 0 Å². The Labute approximate surface area is 187 Å². The van der Waals surface area contributed by atoms with Crippen molar-refractivity contribution in [1.82, 2.24) is 15.2 Å². The molecular weight excluding hydrogens is 412 g/mol. The fraction of sp³-hybridized carbons (Fsp3) is 0.304. The third-order valence-corrected chi connectivity index (χ3v) is 4.16. The molecule has 0 spiro atoms. The Balaban J connectivity index is 2.43. The van der Waals surface area contributed by atoms with Crippen LogP contribution in [0.2, 0.25) is 0 Å². The second-order valence-electron chi connectivity index (χ2n) is 8.23. The van der Waals surface area contributed by atoms with Gasteiger partial charge in [-0.25, -0.2) is 20.7 Å². The normalized spacial score (nSPS) is 11.1. The van der Waals surface area contributed by atoms with Gasteiger partial charge in [-0.2, -0.15) is 0 Å². The van der Waals surface area contributed by atoms with Gasteiger partial charge >= 0.3 is 11.8 Å². The maximum absolute atomic E-state index is 13.3. The summed E-state index contributed by atoms with van der Waals surface area (Å²) in [5, 5.41) is 1.85. The van der Waals surface area contributed by atoms with E-state index in [9.17, 15) is 19.2 Å². The van der Waals surface area contributed by atoms with Gasteiger partial charge in [-0.15, -0.1) is 5.17 Å². The molecule has 4 amide bonds. The minimum absolute atomic E-state index is 0.133. The van der Waals surface area contributed by atoms with Crippen molar-refractivity contribution in [2.45, 2.75) is 46.3 Å². The summed E-state index contributed by atoms with van der Waals surface area (Å²) in [5.41, 5.74) is -0.704. The number of nitrogens with two attached hydrogens (primary N) is 1. The molecule has 0 aliphatic carbocycles. The Morgan fingerprint density at radius 1 is 0.781 bits per heavy atom. The quantitative estimate of drug-likeness (QED) is 0.338. The fourth-order valence-corrected chi connectivity index (χ4v) is 2.74. The molecule has 0 saturated carbocycles. The lowest BCUT2D eigenvalue weighted by Crippen LogP contribution is -2.63. The van der Waals surface area contributed by atoms with Crippen LogP contribution in [0, 0.1) is 0 Å². The third-order valence-electron chi connectivity index (χ3n) is 4.16. The number of carbonyl (C=O) groups is 4. The van der Waals surface area contributed by atoms with Gasteiger partial charge in [-0.3, -0.25) is 19.2 Å². The van der Waals surface area contributed by atoms with E-state index in [1.54, 1.807) is 83.1 Å². The van der Waals surface area contributed by atoms with Crippen LogP contribution < -0.4 is 5.84 Å². The van der Waals surface area contributed by atoms with Gasteiger partial charge in [0, 0.05) is 11.1 Å². The molecule has 0 aliphatic rings. The summed E-state index contributed by atoms with van der Waals surface area (Å²) in [6.45, 7) is 8.20. The second kappa shape index (κ2) is 10.2. The SMILES string of the molecule is CC(C)ON(C(=O)c1ccccc1)N(C(=O)C(=O)N(N)C(=O)c1ccccc1)C(C)(C)C. The number of rotatable bonds is 4. The summed E-state index contributed by atoms with van der Waals surface area (Å²) in [5.74, 6) is 1.68. The summed E-state index contributed by atoms with van der Waals surface area (Å²) in [6, 6.07) is 16.0. The minimum Gasteiger partial charge on any atom is -0.267 e. The number of hydrogen-bond acceptors (Lipinski definition) is 6. The number of carbonyl (C=O) groups excluding carboxylic acids is 4. The molecule has 0 unspecified atom stereocenters. The molecular formula is C23H28N4O5. The Morgan fingerprint density at radius 2 is 1.22 bits per heavy atom. The number of nitrogens with zero attached hydrogens (tertiary/aromatic N) is 3. The van der Waals surface area contributed by atoms with Gasteiger partial charge < -0.3 is 0 Å². The first-order chi connectivity index (χ1) is 14.9. The molecule has 0 heterocycles. The van der Waals surface area contributed by atoms with Crippen molar-refractivity contribution in [3.8, 4) is 0 Å². The summed E-state index contributed by atoms with van der Waals surface area (Å²) in [4.78, 5) is 57.6. The molecule has 9 heteroatoms. The first-order valence-corrected chi connectivity index (χ1v) is 10.0. The molecule has 9 nitrogen and oxygen atoms in total. The lowest BCUT2D eigenvalue weighted by atomic mass is 10.1. The molecule has 0 bridgehead atoms. The van der Waals surface area contributed by atoms with Gasteiger partial charge in [0.1, 0.15) is 0 Å². The van der Waals surface area contributed by atoms with E-state index in [-0.39, 0.29) is 16.1 Å². The lowest BCUT2D eigenvalue weighted by Gasteiger charge is -2.42. The smallest absolute Gasteiger partial charge is 0.267 e. The Bertz CT molecular complexity index is 971. The number of hydrogen-bond donors (Lipinski definition) is 1. The Hall–Kier alpha value is -3.56. The van der Waals surface area contributed by atoms with Gasteiger partial charge in [-0.05, 0) is 58.9 Å². The zero-order valence-electron chi connectivity index (χ0n) is 18.8. The Morgan fingerprint density at radius 3 is 1.62 bits per heavy atom. The van der Waals surface area contributed by atoms with Crippen LogP contribution in [-0.4, -0.2) is 50.5 Å². The molecule has 0 atom stereocenters. The van der Waals surface area contributed by atoms with E-state index < -0.39 is 35.3 Å². The topological polar surface area (TPSA) is 113 Å². The second-order valence-corrected chi connectivity index (χ2v) is 8.23. The highest BCUT2D eigenvalue weighted by molar-refractivity contribution is 6.38. The van der Waals surface area contributed by atoms with Gasteiger partial charge in [0.2, 0.25) is 0 Å². The molecule has 0 aromatic heterocycles. The molecule has 170 valence electrons. The van der Waals surface area contributed by atoms with Crippen LogP contribution in [0.5, 0.6) is 0 Å². The number of imide groups is 1. The van der Waals surface area contributed by atoms with E-state index >= 15 is 0 Å². The van der Waals surface area contributed by atoms with Crippen molar-refractivity contribution in [2.24, 2.45) is 5.84 Å². The van der Waals surface area contributed by atoms with E-state index in [1.165, 1.54) is 12.1 Å². The summed E-state index contributed by atoms with van der Waals surface area (Å²) < 4.78 is 0. The maximum Gasteiger partial charge on any atom is 0.335 e. The highest BCUT2D eigenvalue weighted by Crippen LogP contribution is 2.22. The maximum atomic E-state index is 13.3. The van der Waals surface area contributed by atoms with Crippen LogP contribution in [0.15, 0.2) is 60.7 Å². The third kappa shape index (κ3) is 5.77. The molecule has 2 aromatic rings. The average Bonchev–Trinajstić information content (AvgIpc) is 2.76. The zero-order valence-corrected chi connectivity index (χ0v) is 18.8. The Kier molecular flexibility index (Phi) is 7.85. The van der Waals surface area contributed by atoms with Crippen molar-refractivity contribution in [3.63, 3.8) is 0 Å². The van der Waals surface area contributed by atoms with Crippen LogP contribution in [-0.2, 0) is 14.4 Å². The summed E-state index contributed by atoms with van der Waals surface area (Å²) >= 11 is 0. The number of amides is 4. The first kappa shape index (κ1) is 24.7. The lowest BCUT2D eigenvalue weighted by molar-refractivity contribution is -0.276. The van der Waals surface area contributed by atoms with E-state index in [4.69, 9.17) is 10.7 Å². The monoisotopic (exact) mass is 440 g/mol. The van der Waals surface area contributed by atoms with Gasteiger partial charge in [-0.1, -0.05) is 36.4 Å². The van der Waals surface area contributed by atoms with E-state index in [0.717, 1.165) is 10.2 Å². The zero-order chi connectivity index (χ0) is 24.1. The standard InChI is InChI=1S/C23H28N4O5/c1-16(2)32-27(20(29)18-14-10-7-11-15-18)26(23(3,4)5)22(31)21(30)25(24)19(28)17-12-8-6-9-13-17/h6-16H,24H2,1-5H3. The summed E-state index contributed by atoms with van der Waals surface area (Å²) in [6.07, 6.45) is -0.504. The van der Waals surface area contributed by atoms with Crippen LogP contribution in [0.4, 0.5) is 0 Å². The predicted octanol–water partition coefficient (Wildman–Crippen LogP) is 2.55. The fourth-order valence-electron chi connectivity index (χ4n) is 2.74. The summed E-state index contributed by atoms with van der Waals surface area (Å²) in [7, 11) is 0. The number of hydrazine groups is 2. The van der Waals surface area contributed by atoms with E-state index in [1.807, 2.05) is 0 Å². The van der Waals surface area contributed by atoms with E-state index in [0.29, 0.717) is 0 Å². The van der Waals surface area contributed by atoms with E-state index in [2.05, 4.69) is 0 Å². The first-order valence-electron chi connectivity index (χ1n) is 10.0. The average molecular weight is 441 g/mol. The number of hydroxylamine groups is 1. The number of benzene rings is 2. The van der Waals surface area contributed by atoms with Gasteiger partial charge in [0.15, 0.2) is 0 Å². The molecule has 2 aromatic carbocycles. The van der Waals surface area contributed by atoms with Crippen LogP contribution in [0.1, 0.15) is 55.3 Å². The van der Waals surface area contributed by atoms with Gasteiger partial charge in [0.25, 0.3) is 11.8 Å². The van der Waals surface area contributed by atoms with Crippen molar-refractivity contribution in [2.75, 3.05) is 0 Å². The van der Waals surface area contributed by atoms with Crippen molar-refractivity contribution >= 4 is 23.6 Å². The minimum atomic E-state index is -1.31.